The van der Waals surface area contributed by atoms with E-state index in [1.54, 1.807) is 11.3 Å². The molecule has 0 saturated heterocycles. The Morgan fingerprint density at radius 1 is 1.47 bits per heavy atom. The zero-order valence-electron chi connectivity index (χ0n) is 11.2. The van der Waals surface area contributed by atoms with Crippen molar-refractivity contribution in [3.05, 3.63) is 21.9 Å². The van der Waals surface area contributed by atoms with Gasteiger partial charge >= 0.3 is 5.97 Å². The first-order valence-electron chi connectivity index (χ1n) is 5.71. The summed E-state index contributed by atoms with van der Waals surface area (Å²) in [4.78, 5) is 14.9. The van der Waals surface area contributed by atoms with E-state index in [1.807, 2.05) is 32.7 Å². The molecule has 0 N–H and O–H groups in total. The van der Waals surface area contributed by atoms with E-state index in [1.165, 1.54) is 10.4 Å². The first-order chi connectivity index (χ1) is 7.78. The number of hydrogen-bond acceptors (Lipinski definition) is 4. The minimum absolute atomic E-state index is 0.172. The van der Waals surface area contributed by atoms with E-state index in [-0.39, 0.29) is 5.97 Å². The van der Waals surface area contributed by atoms with Crippen molar-refractivity contribution in [3.8, 4) is 0 Å². The Kier molecular flexibility index (Phi) is 4.71. The molecule has 96 valence electrons. The highest BCUT2D eigenvalue weighted by atomic mass is 32.1. The lowest BCUT2D eigenvalue weighted by atomic mass is 10.2. The molecule has 0 fully saturated rings. The number of rotatable bonds is 4. The average molecular weight is 255 g/mol. The molecule has 0 aliphatic carbocycles. The summed E-state index contributed by atoms with van der Waals surface area (Å²) in [5.41, 5.74) is 0.877. The topological polar surface area (TPSA) is 29.5 Å². The van der Waals surface area contributed by atoms with E-state index in [9.17, 15) is 4.79 Å². The van der Waals surface area contributed by atoms with Gasteiger partial charge < -0.3 is 4.74 Å². The van der Waals surface area contributed by atoms with Crippen LogP contribution in [0.5, 0.6) is 0 Å². The highest BCUT2D eigenvalue weighted by Gasteiger charge is 2.17. The summed E-state index contributed by atoms with van der Waals surface area (Å²) < 4.78 is 5.28. The SMILES string of the molecule is Cc1ccsc1CN(C)CC(=O)OC(C)(C)C. The molecule has 17 heavy (non-hydrogen) atoms. The maximum absolute atomic E-state index is 11.6. The van der Waals surface area contributed by atoms with E-state index >= 15 is 0 Å². The van der Waals surface area contributed by atoms with Gasteiger partial charge in [0.1, 0.15) is 5.60 Å². The number of esters is 1. The molecule has 1 rings (SSSR count). The molecule has 0 atom stereocenters. The second kappa shape index (κ2) is 5.65. The number of carbonyl (C=O) groups is 1. The van der Waals surface area contributed by atoms with Crippen molar-refractivity contribution in [2.45, 2.75) is 39.8 Å². The molecule has 0 unspecified atom stereocenters. The highest BCUT2D eigenvalue weighted by Crippen LogP contribution is 2.17. The zero-order valence-corrected chi connectivity index (χ0v) is 12.1. The summed E-state index contributed by atoms with van der Waals surface area (Å²) in [5, 5.41) is 2.08. The van der Waals surface area contributed by atoms with Crippen LogP contribution in [0.15, 0.2) is 11.4 Å². The molecule has 0 aromatic carbocycles. The van der Waals surface area contributed by atoms with Crippen molar-refractivity contribution >= 4 is 17.3 Å². The van der Waals surface area contributed by atoms with Crippen molar-refractivity contribution in [1.29, 1.82) is 0 Å². The summed E-state index contributed by atoms with van der Waals surface area (Å²) in [5.74, 6) is -0.172. The fourth-order valence-corrected chi connectivity index (χ4v) is 2.45. The number of nitrogens with zero attached hydrogens (tertiary/aromatic N) is 1. The van der Waals surface area contributed by atoms with Gasteiger partial charge in [-0.3, -0.25) is 9.69 Å². The number of hydrogen-bond donors (Lipinski definition) is 0. The van der Waals surface area contributed by atoms with Gasteiger partial charge in [0.05, 0.1) is 6.54 Å². The monoisotopic (exact) mass is 255 g/mol. The van der Waals surface area contributed by atoms with Crippen LogP contribution in [0.25, 0.3) is 0 Å². The highest BCUT2D eigenvalue weighted by molar-refractivity contribution is 7.10. The maximum Gasteiger partial charge on any atom is 0.320 e. The number of ether oxygens (including phenoxy) is 1. The molecule has 0 bridgehead atoms. The molecule has 3 nitrogen and oxygen atoms in total. The third kappa shape index (κ3) is 5.33. The zero-order chi connectivity index (χ0) is 13.1. The predicted octanol–water partition coefficient (Wildman–Crippen LogP) is 2.83. The lowest BCUT2D eigenvalue weighted by Gasteiger charge is -2.22. The molecule has 4 heteroatoms. The lowest BCUT2D eigenvalue weighted by molar-refractivity contribution is -0.155. The number of likely N-dealkylation sites (N-methyl/N-ethyl adjacent to an activating group) is 1. The molecule has 0 aliphatic heterocycles. The quantitative estimate of drug-likeness (QED) is 0.775. The Morgan fingerprint density at radius 2 is 2.12 bits per heavy atom. The van der Waals surface area contributed by atoms with Crippen LogP contribution in [0.2, 0.25) is 0 Å². The Labute approximate surface area is 107 Å². The van der Waals surface area contributed by atoms with Gasteiger partial charge in [0, 0.05) is 11.4 Å². The van der Waals surface area contributed by atoms with E-state index in [0.29, 0.717) is 6.54 Å². The number of thiophene rings is 1. The van der Waals surface area contributed by atoms with Gasteiger partial charge in [-0.2, -0.15) is 0 Å². The average Bonchev–Trinajstić information content (AvgIpc) is 2.47. The van der Waals surface area contributed by atoms with E-state index in [2.05, 4.69) is 18.4 Å². The van der Waals surface area contributed by atoms with Gasteiger partial charge in [-0.25, -0.2) is 0 Å². The molecule has 1 aromatic rings. The van der Waals surface area contributed by atoms with Gasteiger partial charge in [0.15, 0.2) is 0 Å². The molecule has 0 radical (unpaired) electrons. The van der Waals surface area contributed by atoms with Crippen molar-refractivity contribution in [1.82, 2.24) is 4.90 Å². The second-order valence-corrected chi connectivity index (χ2v) is 6.29. The van der Waals surface area contributed by atoms with Crippen molar-refractivity contribution in [3.63, 3.8) is 0 Å². The van der Waals surface area contributed by atoms with Gasteiger partial charge in [0.2, 0.25) is 0 Å². The van der Waals surface area contributed by atoms with Gasteiger partial charge in [-0.1, -0.05) is 0 Å². The van der Waals surface area contributed by atoms with Crippen LogP contribution in [0.1, 0.15) is 31.2 Å². The van der Waals surface area contributed by atoms with Gasteiger partial charge in [0.25, 0.3) is 0 Å². The summed E-state index contributed by atoms with van der Waals surface area (Å²) in [6, 6.07) is 2.10. The molecule has 0 aliphatic rings. The smallest absolute Gasteiger partial charge is 0.320 e. The summed E-state index contributed by atoms with van der Waals surface area (Å²) in [6.07, 6.45) is 0. The normalized spacial score (nSPS) is 11.9. The van der Waals surface area contributed by atoms with Gasteiger partial charge in [-0.05, 0) is 51.8 Å². The Balaban J connectivity index is 2.42. The summed E-state index contributed by atoms with van der Waals surface area (Å²) in [7, 11) is 1.93. The largest absolute Gasteiger partial charge is 0.459 e. The van der Waals surface area contributed by atoms with Crippen molar-refractivity contribution in [2.24, 2.45) is 0 Å². The molecule has 0 spiro atoms. The maximum atomic E-state index is 11.6. The molecule has 0 saturated carbocycles. The Hall–Kier alpha value is -0.870. The molecular weight excluding hydrogens is 234 g/mol. The standard InChI is InChI=1S/C13H21NO2S/c1-10-6-7-17-11(10)8-14(5)9-12(15)16-13(2,3)4/h6-7H,8-9H2,1-5H3. The Bertz CT molecular complexity index is 379. The van der Waals surface area contributed by atoms with Crippen LogP contribution in [0.4, 0.5) is 0 Å². The third-order valence-electron chi connectivity index (χ3n) is 2.20. The third-order valence-corrected chi connectivity index (χ3v) is 3.21. The van der Waals surface area contributed by atoms with Crippen LogP contribution >= 0.6 is 11.3 Å². The van der Waals surface area contributed by atoms with Crippen molar-refractivity contribution in [2.75, 3.05) is 13.6 Å². The number of carbonyl (C=O) groups excluding carboxylic acids is 1. The minimum Gasteiger partial charge on any atom is -0.459 e. The predicted molar refractivity (Wildman–Crippen MR) is 71.2 cm³/mol. The van der Waals surface area contributed by atoms with Crippen LogP contribution in [0.3, 0.4) is 0 Å². The fraction of sp³-hybridized carbons (Fsp3) is 0.615. The Morgan fingerprint density at radius 3 is 2.59 bits per heavy atom. The fourth-order valence-electron chi connectivity index (χ4n) is 1.46. The van der Waals surface area contributed by atoms with Crippen molar-refractivity contribution < 1.29 is 9.53 Å². The minimum atomic E-state index is -0.406. The first-order valence-corrected chi connectivity index (χ1v) is 6.59. The van der Waals surface area contributed by atoms with Crippen LogP contribution < -0.4 is 0 Å². The first kappa shape index (κ1) is 14.2. The molecule has 1 aromatic heterocycles. The van der Waals surface area contributed by atoms with Crippen LogP contribution in [-0.2, 0) is 16.1 Å². The van der Waals surface area contributed by atoms with E-state index in [0.717, 1.165) is 6.54 Å². The van der Waals surface area contributed by atoms with Crippen LogP contribution in [0, 0.1) is 6.92 Å². The molecule has 1 heterocycles. The molecule has 0 amide bonds. The van der Waals surface area contributed by atoms with E-state index in [4.69, 9.17) is 4.74 Å². The number of aryl methyl sites for hydroxylation is 1. The lowest BCUT2D eigenvalue weighted by Crippen LogP contribution is -2.32. The van der Waals surface area contributed by atoms with E-state index < -0.39 is 5.60 Å². The second-order valence-electron chi connectivity index (χ2n) is 5.29. The summed E-state index contributed by atoms with van der Waals surface area (Å²) >= 11 is 1.72. The summed E-state index contributed by atoms with van der Waals surface area (Å²) in [6.45, 7) is 8.86. The molecular formula is C13H21NO2S. The van der Waals surface area contributed by atoms with Crippen LogP contribution in [-0.4, -0.2) is 30.1 Å². The van der Waals surface area contributed by atoms with Gasteiger partial charge in [-0.15, -0.1) is 11.3 Å².